The van der Waals surface area contributed by atoms with Gasteiger partial charge in [0.15, 0.2) is 0 Å². The van der Waals surface area contributed by atoms with Gasteiger partial charge in [0.05, 0.1) is 0 Å². The molecule has 0 spiro atoms. The number of phenolic OH excluding ortho intramolecular Hbond substituents is 1. The minimum absolute atomic E-state index is 0.191. The van der Waals surface area contributed by atoms with Gasteiger partial charge in [0, 0.05) is 0 Å². The molecule has 0 heterocycles. The zero-order chi connectivity index (χ0) is 25.5. The maximum Gasteiger partial charge on any atom is 0.446 e. The molecule has 35 heavy (non-hydrogen) atoms. The van der Waals surface area contributed by atoms with Crippen LogP contribution < -0.4 is 4.18 Å². The summed E-state index contributed by atoms with van der Waals surface area (Å²) in [5.41, 5.74) is 3.80. The molecule has 0 aromatic heterocycles. The van der Waals surface area contributed by atoms with Crippen LogP contribution in [0.4, 0.5) is 0 Å². The molecule has 0 amide bonds. The van der Waals surface area contributed by atoms with E-state index in [2.05, 4.69) is 13.8 Å². The third-order valence-electron chi connectivity index (χ3n) is 6.62. The lowest BCUT2D eigenvalue weighted by Crippen LogP contribution is -2.10. The smallest absolute Gasteiger partial charge is 0.446 e. The Morgan fingerprint density at radius 2 is 1.17 bits per heavy atom. The third kappa shape index (κ3) is 11.0. The highest BCUT2D eigenvalue weighted by atomic mass is 32.3. The molecule has 0 saturated carbocycles. The highest BCUT2D eigenvalue weighted by Crippen LogP contribution is 2.31. The average molecular weight is 505 g/mol. The lowest BCUT2D eigenvalue weighted by molar-refractivity contribution is 0.384. The molecular formula is C29H44O5S. The first-order valence-corrected chi connectivity index (χ1v) is 14.8. The van der Waals surface area contributed by atoms with E-state index in [4.69, 9.17) is 4.18 Å². The van der Waals surface area contributed by atoms with Crippen LogP contribution in [-0.2, 0) is 29.7 Å². The Labute approximate surface area is 212 Å². The Kier molecular flexibility index (Phi) is 13.2. The van der Waals surface area contributed by atoms with Crippen molar-refractivity contribution < 1.29 is 22.3 Å². The lowest BCUT2D eigenvalue weighted by atomic mass is 9.91. The van der Waals surface area contributed by atoms with Gasteiger partial charge in [0.2, 0.25) is 0 Å². The summed E-state index contributed by atoms with van der Waals surface area (Å²) in [6.07, 6.45) is 16.0. The molecule has 6 heteroatoms. The Bertz CT molecular complexity index is 985. The summed E-state index contributed by atoms with van der Waals surface area (Å²) in [5, 5.41) is 10.6. The van der Waals surface area contributed by atoms with Crippen molar-refractivity contribution in [2.75, 3.05) is 0 Å². The van der Waals surface area contributed by atoms with Crippen molar-refractivity contribution in [1.82, 2.24) is 0 Å². The van der Waals surface area contributed by atoms with E-state index in [1.165, 1.54) is 44.9 Å². The van der Waals surface area contributed by atoms with Crippen molar-refractivity contribution in [3.63, 3.8) is 0 Å². The van der Waals surface area contributed by atoms with E-state index < -0.39 is 10.4 Å². The van der Waals surface area contributed by atoms with Gasteiger partial charge in [-0.25, -0.2) is 0 Å². The van der Waals surface area contributed by atoms with E-state index in [0.717, 1.165) is 60.8 Å². The predicted molar refractivity (Wildman–Crippen MR) is 144 cm³/mol. The Morgan fingerprint density at radius 1 is 0.686 bits per heavy atom. The Morgan fingerprint density at radius 3 is 1.74 bits per heavy atom. The van der Waals surface area contributed by atoms with Gasteiger partial charge in [0.1, 0.15) is 11.5 Å². The van der Waals surface area contributed by atoms with Crippen molar-refractivity contribution in [1.29, 1.82) is 0 Å². The molecule has 0 fully saturated rings. The number of aromatic hydroxyl groups is 1. The van der Waals surface area contributed by atoms with Crippen molar-refractivity contribution in [2.24, 2.45) is 0 Å². The van der Waals surface area contributed by atoms with Crippen LogP contribution in [0.25, 0.3) is 0 Å². The third-order valence-corrected chi connectivity index (χ3v) is 7.01. The summed E-state index contributed by atoms with van der Waals surface area (Å²) in [5.74, 6) is 0.509. The summed E-state index contributed by atoms with van der Waals surface area (Å²) in [6.45, 7) is 4.41. The molecule has 0 radical (unpaired) electrons. The quantitative estimate of drug-likeness (QED) is 0.159. The maximum atomic E-state index is 11.5. The number of hydrogen-bond donors (Lipinski definition) is 2. The van der Waals surface area contributed by atoms with Crippen molar-refractivity contribution in [3.8, 4) is 11.5 Å². The van der Waals surface area contributed by atoms with Crippen LogP contribution in [0, 0.1) is 0 Å². The van der Waals surface area contributed by atoms with E-state index in [1.54, 1.807) is 18.2 Å². The molecule has 0 aliphatic carbocycles. The fourth-order valence-electron chi connectivity index (χ4n) is 4.70. The van der Waals surface area contributed by atoms with Crippen LogP contribution in [0.2, 0.25) is 0 Å². The molecule has 2 aromatic carbocycles. The van der Waals surface area contributed by atoms with E-state index in [0.29, 0.717) is 18.6 Å². The summed E-state index contributed by atoms with van der Waals surface area (Å²) < 4.78 is 37.2. The fraction of sp³-hybridized carbons (Fsp3) is 0.586. The monoisotopic (exact) mass is 504 g/mol. The van der Waals surface area contributed by atoms with E-state index in [9.17, 15) is 18.1 Å². The van der Waals surface area contributed by atoms with Gasteiger partial charge in [-0.1, -0.05) is 102 Å². The van der Waals surface area contributed by atoms with Gasteiger partial charge in [0.25, 0.3) is 0 Å². The maximum absolute atomic E-state index is 11.5. The predicted octanol–water partition coefficient (Wildman–Crippen LogP) is 7.97. The van der Waals surface area contributed by atoms with E-state index in [-0.39, 0.29) is 5.75 Å². The average Bonchev–Trinajstić information content (AvgIpc) is 2.80. The van der Waals surface area contributed by atoms with Crippen LogP contribution in [0.3, 0.4) is 0 Å². The SMILES string of the molecule is CCCCCCCCc1c(O)cccc1Cc1cccc(OS(=O)(=O)O)c1CCCCCCCC. The van der Waals surface area contributed by atoms with Crippen LogP contribution in [0.1, 0.15) is 113 Å². The largest absolute Gasteiger partial charge is 0.508 e. The first-order chi connectivity index (χ1) is 16.9. The number of rotatable bonds is 18. The number of benzene rings is 2. The minimum atomic E-state index is -4.61. The summed E-state index contributed by atoms with van der Waals surface area (Å²) in [4.78, 5) is 0. The molecule has 0 saturated heterocycles. The van der Waals surface area contributed by atoms with E-state index in [1.807, 2.05) is 18.2 Å². The second-order valence-electron chi connectivity index (χ2n) is 9.53. The highest BCUT2D eigenvalue weighted by Gasteiger charge is 2.17. The molecular weight excluding hydrogens is 460 g/mol. The normalized spacial score (nSPS) is 11.6. The molecule has 0 aliphatic heterocycles. The standard InChI is InChI=1S/C29H44O5S/c1-3-5-7-9-11-13-19-26-24(17-15-21-28(26)30)23-25-18-16-22-29(34-35(31,32)33)27(25)20-14-12-10-8-6-4-2/h15-18,21-22,30H,3-14,19-20,23H2,1-2H3,(H,31,32,33). The Hall–Kier alpha value is -2.05. The molecule has 0 bridgehead atoms. The topological polar surface area (TPSA) is 83.8 Å². The molecule has 0 aliphatic rings. The molecule has 2 rings (SSSR count). The van der Waals surface area contributed by atoms with Gasteiger partial charge >= 0.3 is 10.4 Å². The first kappa shape index (κ1) is 29.2. The second kappa shape index (κ2) is 15.8. The van der Waals surface area contributed by atoms with Crippen LogP contribution >= 0.6 is 0 Å². The number of unbranched alkanes of at least 4 members (excludes halogenated alkanes) is 10. The van der Waals surface area contributed by atoms with Crippen molar-refractivity contribution in [3.05, 3.63) is 58.7 Å². The lowest BCUT2D eigenvalue weighted by Gasteiger charge is -2.17. The molecule has 2 N–H and O–H groups in total. The highest BCUT2D eigenvalue weighted by molar-refractivity contribution is 7.81. The van der Waals surface area contributed by atoms with Crippen LogP contribution in [0.5, 0.6) is 11.5 Å². The van der Waals surface area contributed by atoms with E-state index >= 15 is 0 Å². The number of hydrogen-bond acceptors (Lipinski definition) is 4. The van der Waals surface area contributed by atoms with Crippen molar-refractivity contribution >= 4 is 10.4 Å². The van der Waals surface area contributed by atoms with Gasteiger partial charge in [-0.2, -0.15) is 8.42 Å². The van der Waals surface area contributed by atoms with Gasteiger partial charge in [-0.05, 0) is 66.5 Å². The van der Waals surface area contributed by atoms with Crippen LogP contribution in [-0.4, -0.2) is 18.1 Å². The van der Waals surface area contributed by atoms with Gasteiger partial charge < -0.3 is 9.29 Å². The minimum Gasteiger partial charge on any atom is -0.508 e. The molecule has 2 aromatic rings. The zero-order valence-electron chi connectivity index (χ0n) is 21.6. The van der Waals surface area contributed by atoms with Crippen molar-refractivity contribution in [2.45, 2.75) is 110 Å². The second-order valence-corrected chi connectivity index (χ2v) is 10.6. The Balaban J connectivity index is 2.20. The first-order valence-electron chi connectivity index (χ1n) is 13.4. The summed E-state index contributed by atoms with van der Waals surface area (Å²) in [7, 11) is -4.61. The zero-order valence-corrected chi connectivity index (χ0v) is 22.4. The van der Waals surface area contributed by atoms with Gasteiger partial charge in [-0.15, -0.1) is 0 Å². The van der Waals surface area contributed by atoms with Crippen LogP contribution in [0.15, 0.2) is 36.4 Å². The van der Waals surface area contributed by atoms with Gasteiger partial charge in [-0.3, -0.25) is 4.55 Å². The summed E-state index contributed by atoms with van der Waals surface area (Å²) in [6, 6.07) is 11.0. The number of phenols is 1. The molecule has 0 atom stereocenters. The fourth-order valence-corrected chi connectivity index (χ4v) is 5.08. The molecule has 0 unspecified atom stereocenters. The molecule has 196 valence electrons. The summed E-state index contributed by atoms with van der Waals surface area (Å²) >= 11 is 0. The molecule has 5 nitrogen and oxygen atoms in total.